The molecular weight excluding hydrogens is 344 g/mol. The zero-order valence-electron chi connectivity index (χ0n) is 15.5. The maximum Gasteiger partial charge on any atom is 0.248 e. The molecule has 0 radical (unpaired) electrons. The number of primary amides is 1. The molecule has 0 aliphatic heterocycles. The van der Waals surface area contributed by atoms with E-state index in [4.69, 9.17) is 5.73 Å². The van der Waals surface area contributed by atoms with Crippen LogP contribution < -0.4 is 5.73 Å². The zero-order valence-corrected chi connectivity index (χ0v) is 15.5. The molecule has 140 valence electrons. The van der Waals surface area contributed by atoms with Crippen molar-refractivity contribution >= 4 is 5.91 Å². The molecule has 0 aliphatic carbocycles. The van der Waals surface area contributed by atoms with E-state index in [1.807, 2.05) is 26.8 Å². The molecule has 2 heterocycles. The van der Waals surface area contributed by atoms with Gasteiger partial charge in [-0.05, 0) is 38.5 Å². The fraction of sp³-hybridized carbons (Fsp3) is 0.316. The molecule has 0 fully saturated rings. The number of hydrogen-bond acceptors (Lipinski definition) is 6. The number of amides is 1. The van der Waals surface area contributed by atoms with E-state index in [1.165, 1.54) is 0 Å². The highest BCUT2D eigenvalue weighted by molar-refractivity contribution is 5.93. The molecule has 0 saturated carbocycles. The Kier molecular flexibility index (Phi) is 5.27. The first-order valence-electron chi connectivity index (χ1n) is 8.73. The molecule has 8 nitrogen and oxygen atoms in total. The monoisotopic (exact) mass is 366 g/mol. The Labute approximate surface area is 157 Å². The van der Waals surface area contributed by atoms with E-state index in [9.17, 15) is 9.90 Å². The standard InChI is InChI=1S/C19H22N6O2/c1-4-15(26)10-25-19(16-9-11(2)21-12(3)22-16)23-18(24-25)14-7-5-13(6-8-14)17(20)27/h5-9,15,26H,4,10H2,1-3H3,(H2,20,27)/t15-/m0/s1. The molecular formula is C19H22N6O2. The molecule has 1 atom stereocenters. The number of aryl methyl sites for hydroxylation is 2. The number of hydrogen-bond donors (Lipinski definition) is 2. The van der Waals surface area contributed by atoms with Crippen molar-refractivity contribution in [3.63, 3.8) is 0 Å². The van der Waals surface area contributed by atoms with Crippen LogP contribution in [0.5, 0.6) is 0 Å². The molecule has 0 aliphatic rings. The van der Waals surface area contributed by atoms with Gasteiger partial charge in [-0.15, -0.1) is 0 Å². The Hall–Kier alpha value is -3.13. The van der Waals surface area contributed by atoms with E-state index in [2.05, 4.69) is 20.1 Å². The van der Waals surface area contributed by atoms with Gasteiger partial charge in [-0.1, -0.05) is 19.1 Å². The largest absolute Gasteiger partial charge is 0.391 e. The predicted octanol–water partition coefficient (Wildman–Crippen LogP) is 1.89. The van der Waals surface area contributed by atoms with Crippen LogP contribution in [0.4, 0.5) is 0 Å². The second-order valence-corrected chi connectivity index (χ2v) is 6.39. The minimum absolute atomic E-state index is 0.306. The van der Waals surface area contributed by atoms with Crippen molar-refractivity contribution in [1.29, 1.82) is 0 Å². The van der Waals surface area contributed by atoms with Gasteiger partial charge in [-0.3, -0.25) is 4.79 Å². The third-order valence-electron chi connectivity index (χ3n) is 4.15. The van der Waals surface area contributed by atoms with Gasteiger partial charge >= 0.3 is 0 Å². The van der Waals surface area contributed by atoms with Crippen LogP contribution in [0.3, 0.4) is 0 Å². The molecule has 27 heavy (non-hydrogen) atoms. The van der Waals surface area contributed by atoms with Gasteiger partial charge in [0.1, 0.15) is 11.5 Å². The summed E-state index contributed by atoms with van der Waals surface area (Å²) in [7, 11) is 0. The highest BCUT2D eigenvalue weighted by Crippen LogP contribution is 2.23. The van der Waals surface area contributed by atoms with Crippen molar-refractivity contribution in [3.05, 3.63) is 47.4 Å². The average molecular weight is 366 g/mol. The normalized spacial score (nSPS) is 12.1. The third-order valence-corrected chi connectivity index (χ3v) is 4.15. The van der Waals surface area contributed by atoms with Crippen LogP contribution in [0.25, 0.3) is 22.9 Å². The van der Waals surface area contributed by atoms with E-state index in [0.29, 0.717) is 41.7 Å². The first-order valence-corrected chi connectivity index (χ1v) is 8.73. The van der Waals surface area contributed by atoms with Crippen LogP contribution in [-0.2, 0) is 6.54 Å². The molecule has 0 spiro atoms. The zero-order chi connectivity index (χ0) is 19.6. The Morgan fingerprint density at radius 3 is 2.48 bits per heavy atom. The molecule has 8 heteroatoms. The molecule has 0 saturated heterocycles. The number of carbonyl (C=O) groups excluding carboxylic acids is 1. The van der Waals surface area contributed by atoms with Crippen molar-refractivity contribution in [2.75, 3.05) is 0 Å². The van der Waals surface area contributed by atoms with Crippen LogP contribution in [0.2, 0.25) is 0 Å². The third kappa shape index (κ3) is 4.17. The maximum atomic E-state index is 11.3. The van der Waals surface area contributed by atoms with Gasteiger partial charge < -0.3 is 10.8 Å². The predicted molar refractivity (Wildman–Crippen MR) is 101 cm³/mol. The summed E-state index contributed by atoms with van der Waals surface area (Å²) in [6.45, 7) is 5.93. The number of aliphatic hydroxyl groups is 1. The van der Waals surface area contributed by atoms with Gasteiger partial charge in [0.25, 0.3) is 0 Å². The topological polar surface area (TPSA) is 120 Å². The van der Waals surface area contributed by atoms with Crippen molar-refractivity contribution in [2.24, 2.45) is 5.73 Å². The second-order valence-electron chi connectivity index (χ2n) is 6.39. The number of nitrogens with two attached hydrogens (primary N) is 1. The average Bonchev–Trinajstić information content (AvgIpc) is 3.04. The maximum absolute atomic E-state index is 11.3. The van der Waals surface area contributed by atoms with Gasteiger partial charge in [0, 0.05) is 16.8 Å². The van der Waals surface area contributed by atoms with Crippen molar-refractivity contribution < 1.29 is 9.90 Å². The molecule has 3 N–H and O–H groups in total. The summed E-state index contributed by atoms with van der Waals surface area (Å²) >= 11 is 0. The quantitative estimate of drug-likeness (QED) is 0.687. The van der Waals surface area contributed by atoms with Gasteiger partial charge in [-0.2, -0.15) is 5.10 Å². The van der Waals surface area contributed by atoms with Gasteiger partial charge in [0.05, 0.1) is 12.6 Å². The summed E-state index contributed by atoms with van der Waals surface area (Å²) < 4.78 is 1.66. The van der Waals surface area contributed by atoms with Crippen molar-refractivity contribution in [2.45, 2.75) is 39.8 Å². The Bertz CT molecular complexity index is 945. The van der Waals surface area contributed by atoms with Crippen molar-refractivity contribution in [1.82, 2.24) is 24.7 Å². The summed E-state index contributed by atoms with van der Waals surface area (Å²) in [6.07, 6.45) is 0.0589. The first-order chi connectivity index (χ1) is 12.9. The van der Waals surface area contributed by atoms with Crippen LogP contribution in [0.1, 0.15) is 35.2 Å². The van der Waals surface area contributed by atoms with Gasteiger partial charge in [0.2, 0.25) is 5.91 Å². The molecule has 3 aromatic rings. The number of carbonyl (C=O) groups is 1. The Morgan fingerprint density at radius 1 is 1.19 bits per heavy atom. The summed E-state index contributed by atoms with van der Waals surface area (Å²) in [6, 6.07) is 8.61. The lowest BCUT2D eigenvalue weighted by Gasteiger charge is -2.10. The molecule has 0 bridgehead atoms. The Morgan fingerprint density at radius 2 is 1.89 bits per heavy atom. The fourth-order valence-electron chi connectivity index (χ4n) is 2.72. The summed E-state index contributed by atoms with van der Waals surface area (Å²) in [5.41, 5.74) is 7.93. The second kappa shape index (κ2) is 7.63. The Balaban J connectivity index is 2.07. The van der Waals surface area contributed by atoms with Crippen LogP contribution in [0, 0.1) is 13.8 Å². The van der Waals surface area contributed by atoms with Crippen LogP contribution in [0.15, 0.2) is 30.3 Å². The number of aromatic nitrogens is 5. The lowest BCUT2D eigenvalue weighted by Crippen LogP contribution is -2.17. The van der Waals surface area contributed by atoms with Crippen LogP contribution in [-0.4, -0.2) is 41.9 Å². The number of rotatable bonds is 6. The molecule has 3 rings (SSSR count). The lowest BCUT2D eigenvalue weighted by atomic mass is 10.1. The summed E-state index contributed by atoms with van der Waals surface area (Å²) in [5, 5.41) is 14.6. The number of aliphatic hydroxyl groups excluding tert-OH is 1. The van der Waals surface area contributed by atoms with Crippen molar-refractivity contribution in [3.8, 4) is 22.9 Å². The van der Waals surface area contributed by atoms with E-state index in [0.717, 1.165) is 11.3 Å². The van der Waals surface area contributed by atoms with E-state index < -0.39 is 12.0 Å². The van der Waals surface area contributed by atoms with Gasteiger partial charge in [-0.25, -0.2) is 19.6 Å². The van der Waals surface area contributed by atoms with E-state index >= 15 is 0 Å². The number of nitrogens with zero attached hydrogens (tertiary/aromatic N) is 5. The smallest absolute Gasteiger partial charge is 0.248 e. The molecule has 1 amide bonds. The van der Waals surface area contributed by atoms with Crippen LogP contribution >= 0.6 is 0 Å². The minimum atomic E-state index is -0.542. The summed E-state index contributed by atoms with van der Waals surface area (Å²) in [4.78, 5) is 24.6. The minimum Gasteiger partial charge on any atom is -0.391 e. The van der Waals surface area contributed by atoms with E-state index in [1.54, 1.807) is 28.9 Å². The van der Waals surface area contributed by atoms with E-state index in [-0.39, 0.29) is 0 Å². The first kappa shape index (κ1) is 18.7. The summed E-state index contributed by atoms with van der Waals surface area (Å²) in [5.74, 6) is 1.20. The SMILES string of the molecule is CC[C@H](O)Cn1nc(-c2ccc(C(N)=O)cc2)nc1-c1cc(C)nc(C)n1. The molecule has 1 aromatic carbocycles. The highest BCUT2D eigenvalue weighted by Gasteiger charge is 2.17. The molecule has 0 unspecified atom stereocenters. The lowest BCUT2D eigenvalue weighted by molar-refractivity contribution is 0.1000. The van der Waals surface area contributed by atoms with Gasteiger partial charge in [0.15, 0.2) is 11.6 Å². The molecule has 2 aromatic heterocycles. The fourth-order valence-corrected chi connectivity index (χ4v) is 2.72. The highest BCUT2D eigenvalue weighted by atomic mass is 16.3. The number of benzene rings is 1.